The third-order valence-corrected chi connectivity index (χ3v) is 4.04. The van der Waals surface area contributed by atoms with Crippen molar-refractivity contribution in [1.82, 2.24) is 9.97 Å². The highest BCUT2D eigenvalue weighted by Gasteiger charge is 2.40. The molecule has 2 heterocycles. The van der Waals surface area contributed by atoms with Gasteiger partial charge < -0.3 is 20.3 Å². The summed E-state index contributed by atoms with van der Waals surface area (Å²) >= 11 is 0. The van der Waals surface area contributed by atoms with E-state index >= 15 is 0 Å². The van der Waals surface area contributed by atoms with E-state index in [0.717, 1.165) is 35.5 Å². The minimum Gasteiger partial charge on any atom is -0.466 e. The summed E-state index contributed by atoms with van der Waals surface area (Å²) in [7, 11) is 0. The Bertz CT molecular complexity index is 621. The summed E-state index contributed by atoms with van der Waals surface area (Å²) in [6.07, 6.45) is 5.35. The van der Waals surface area contributed by atoms with Gasteiger partial charge in [-0.2, -0.15) is 4.98 Å². The smallest absolute Gasteiger partial charge is 0.242 e. The molecule has 0 saturated carbocycles. The lowest BCUT2D eigenvalue weighted by atomic mass is 9.96. The van der Waals surface area contributed by atoms with Crippen molar-refractivity contribution < 1.29 is 15.0 Å². The van der Waals surface area contributed by atoms with E-state index in [9.17, 15) is 5.11 Å². The monoisotopic (exact) mass is 305 g/mol. The van der Waals surface area contributed by atoms with Crippen molar-refractivity contribution in [3.05, 3.63) is 35.6 Å². The maximum Gasteiger partial charge on any atom is 0.242 e. The highest BCUT2D eigenvalue weighted by molar-refractivity contribution is 5.65. The van der Waals surface area contributed by atoms with E-state index < -0.39 is 0 Å². The van der Waals surface area contributed by atoms with Crippen LogP contribution >= 0.6 is 0 Å². The normalized spacial score (nSPS) is 23.5. The summed E-state index contributed by atoms with van der Waals surface area (Å²) in [6, 6.07) is 0. The van der Waals surface area contributed by atoms with Gasteiger partial charge in [0.05, 0.1) is 18.0 Å². The average molecular weight is 305 g/mol. The average Bonchev–Trinajstić information content (AvgIpc) is 2.84. The number of aliphatic hydroxyl groups is 2. The highest BCUT2D eigenvalue weighted by Crippen LogP contribution is 2.43. The Kier molecular flexibility index (Phi) is 3.95. The van der Waals surface area contributed by atoms with E-state index in [1.807, 2.05) is 13.8 Å². The Morgan fingerprint density at radius 3 is 3.09 bits per heavy atom. The van der Waals surface area contributed by atoms with Crippen LogP contribution in [0.3, 0.4) is 0 Å². The molecule has 0 unspecified atom stereocenters. The summed E-state index contributed by atoms with van der Waals surface area (Å²) in [5, 5.41) is 17.1. The topological polar surface area (TPSA) is 87.5 Å². The van der Waals surface area contributed by atoms with Gasteiger partial charge >= 0.3 is 0 Å². The van der Waals surface area contributed by atoms with Crippen LogP contribution in [0.2, 0.25) is 0 Å². The van der Waals surface area contributed by atoms with Gasteiger partial charge in [0.25, 0.3) is 0 Å². The number of fused-ring (bicyclic) bond motifs is 2. The van der Waals surface area contributed by atoms with E-state index in [0.29, 0.717) is 18.3 Å². The van der Waals surface area contributed by atoms with Gasteiger partial charge in [-0.05, 0) is 38.7 Å². The lowest BCUT2D eigenvalue weighted by molar-refractivity contribution is 0.167. The number of aliphatic hydroxyl groups excluding tert-OH is 2. The third kappa shape index (κ3) is 2.68. The minimum atomic E-state index is -0.153. The van der Waals surface area contributed by atoms with Crippen LogP contribution in [0.5, 0.6) is 5.88 Å². The molecule has 6 heteroatoms. The molecule has 3 N–H and O–H groups in total. The molecule has 3 rings (SSSR count). The Hall–Kier alpha value is -1.66. The molecule has 118 valence electrons. The van der Waals surface area contributed by atoms with Crippen LogP contribution in [-0.2, 0) is 0 Å². The van der Waals surface area contributed by atoms with Crippen LogP contribution < -0.4 is 10.1 Å². The van der Waals surface area contributed by atoms with Crippen LogP contribution in [0.1, 0.15) is 24.4 Å². The fourth-order valence-electron chi connectivity index (χ4n) is 3.07. The van der Waals surface area contributed by atoms with Gasteiger partial charge in [0.1, 0.15) is 17.6 Å². The Balaban J connectivity index is 1.87. The van der Waals surface area contributed by atoms with Crippen molar-refractivity contribution >= 4 is 5.69 Å². The summed E-state index contributed by atoms with van der Waals surface area (Å²) in [5.41, 5.74) is 3.53. The second-order valence-electron chi connectivity index (χ2n) is 5.63. The first-order chi connectivity index (χ1) is 11.1. The first kappa shape index (κ1) is 14.0. The molecule has 1 aromatic heterocycles. The van der Waals surface area contributed by atoms with Crippen molar-refractivity contribution in [2.24, 2.45) is 5.92 Å². The Morgan fingerprint density at radius 2 is 2.32 bits per heavy atom. The molecule has 22 heavy (non-hydrogen) atoms. The predicted octanol–water partition coefficient (Wildman–Crippen LogP) is 1.32. The summed E-state index contributed by atoms with van der Waals surface area (Å²) < 4.78 is 12.9. The van der Waals surface area contributed by atoms with Gasteiger partial charge in [-0.15, -0.1) is 0 Å². The number of ether oxygens (including phenoxy) is 1. The quantitative estimate of drug-likeness (QED) is 0.687. The number of rotatable bonds is 6. The predicted molar refractivity (Wildman–Crippen MR) is 82.1 cm³/mol. The number of hydrogen-bond acceptors (Lipinski definition) is 6. The van der Waals surface area contributed by atoms with E-state index in [4.69, 9.17) is 6.17 Å². The molecule has 2 atom stereocenters. The number of hydrogen-bond donors (Lipinski definition) is 3. The second-order valence-corrected chi connectivity index (χ2v) is 5.63. The molecule has 1 aliphatic heterocycles. The van der Waals surface area contributed by atoms with Crippen LogP contribution in [-0.4, -0.2) is 40.9 Å². The molecule has 0 fully saturated rings. The van der Waals surface area contributed by atoms with E-state index in [1.165, 1.54) is 0 Å². The van der Waals surface area contributed by atoms with Crippen LogP contribution in [0.25, 0.3) is 0 Å². The first-order valence-corrected chi connectivity index (χ1v) is 7.54. The summed E-state index contributed by atoms with van der Waals surface area (Å²) in [5.74, 6) is 1.41. The first-order valence-electron chi connectivity index (χ1n) is 7.95. The molecular formula is C16H21N3O3. The molecule has 6 nitrogen and oxygen atoms in total. The Labute approximate surface area is 131 Å². The van der Waals surface area contributed by atoms with Gasteiger partial charge in [-0.3, -0.25) is 0 Å². The maximum atomic E-state index is 9.26. The van der Waals surface area contributed by atoms with Crippen LogP contribution in [0, 0.1) is 32.6 Å². The maximum absolute atomic E-state index is 9.26. The Morgan fingerprint density at radius 1 is 1.45 bits per heavy atom. The molecule has 2 aliphatic rings. The molecule has 0 saturated heterocycles. The fourth-order valence-corrected chi connectivity index (χ4v) is 3.07. The number of nitrogens with zero attached hydrogens (tertiary/aromatic N) is 2. The van der Waals surface area contributed by atoms with Crippen molar-refractivity contribution in [2.45, 2.75) is 32.8 Å². The van der Waals surface area contributed by atoms with Crippen molar-refractivity contribution in [2.75, 3.05) is 18.5 Å². The van der Waals surface area contributed by atoms with Crippen molar-refractivity contribution in [3.63, 3.8) is 0 Å². The number of nitrogens with one attached hydrogen (secondary N) is 1. The van der Waals surface area contributed by atoms with E-state index in [-0.39, 0.29) is 18.6 Å². The summed E-state index contributed by atoms with van der Waals surface area (Å²) in [6.45, 7) is 4.14. The van der Waals surface area contributed by atoms with Gasteiger partial charge in [0, 0.05) is 18.9 Å². The van der Waals surface area contributed by atoms with E-state index in [1.54, 1.807) is 6.42 Å². The van der Waals surface area contributed by atoms with Crippen LogP contribution in [0.15, 0.2) is 11.3 Å². The van der Waals surface area contributed by atoms with Gasteiger partial charge in [-0.25, -0.2) is 4.98 Å². The molecule has 0 amide bonds. The highest BCUT2D eigenvalue weighted by atomic mass is 16.5. The zero-order valence-corrected chi connectivity index (χ0v) is 12.8. The van der Waals surface area contributed by atoms with Crippen LogP contribution in [0.4, 0.5) is 5.69 Å². The zero-order chi connectivity index (χ0) is 16.4. The van der Waals surface area contributed by atoms with Gasteiger partial charge in [-0.1, -0.05) is 0 Å². The standard InChI is InChI=1S/C16H21N3O3/c1-9-13-16(18-10(2)17-9)22-15-12(4-3-6-20)8-11(5-7-21)14(15)19-13/h5,8,12,15,19-21H,3-4,6-7H2,1-2H3/t12-,15-/m0/s1/i20T. The SMILES string of the molecule is [3H]OCCC[C@H]1[CH]C([CH]CO)=C2Nc3c(C)nc(C)nc3O[C@H]21. The molecule has 0 bridgehead atoms. The van der Waals surface area contributed by atoms with Gasteiger partial charge in [0.2, 0.25) is 7.31 Å². The minimum absolute atomic E-state index is 0.0253. The lowest BCUT2D eigenvalue weighted by Crippen LogP contribution is -2.33. The molecule has 1 aliphatic carbocycles. The van der Waals surface area contributed by atoms with E-state index in [2.05, 4.69) is 26.8 Å². The molecule has 0 spiro atoms. The summed E-state index contributed by atoms with van der Waals surface area (Å²) in [4.78, 5) is 8.76. The molecule has 1 aromatic rings. The molecule has 2 radical (unpaired) electrons. The molecule has 0 aromatic carbocycles. The fraction of sp³-hybridized carbons (Fsp3) is 0.500. The number of anilines is 1. The third-order valence-electron chi connectivity index (χ3n) is 4.04. The molecular weight excluding hydrogens is 282 g/mol. The second kappa shape index (κ2) is 6.22. The number of aryl methyl sites for hydroxylation is 2. The number of aromatic nitrogens is 2. The lowest BCUT2D eigenvalue weighted by Gasteiger charge is -2.30. The zero-order valence-electron chi connectivity index (χ0n) is 13.8. The van der Waals surface area contributed by atoms with Crippen molar-refractivity contribution in [1.29, 1.82) is 1.43 Å². The van der Waals surface area contributed by atoms with Crippen molar-refractivity contribution in [3.8, 4) is 5.88 Å². The van der Waals surface area contributed by atoms with Gasteiger partial charge in [0.15, 0.2) is 0 Å². The largest absolute Gasteiger partial charge is 0.466 e.